The Labute approximate surface area is 108 Å². The maximum absolute atomic E-state index is 11.3. The molecule has 9 heteroatoms. The average molecular weight is 267 g/mol. The molecule has 0 spiro atoms. The summed E-state index contributed by atoms with van der Waals surface area (Å²) in [5, 5.41) is 13.0. The molecule has 0 fully saturated rings. The summed E-state index contributed by atoms with van der Waals surface area (Å²) in [6.07, 6.45) is 3.38. The predicted octanol–water partition coefficient (Wildman–Crippen LogP) is 0.350. The molecule has 0 aromatic heterocycles. The van der Waals surface area contributed by atoms with Gasteiger partial charge in [0.2, 0.25) is 0 Å². The van der Waals surface area contributed by atoms with Crippen LogP contribution in [0.25, 0.3) is 10.4 Å². The maximum atomic E-state index is 11.3. The van der Waals surface area contributed by atoms with Crippen LogP contribution in [0.1, 0.15) is 19.3 Å². The monoisotopic (exact) mass is 267 g/mol. The number of carbonyl (C=O) groups excluding carboxylic acids is 2. The number of carboxylic acids is 1. The molecule has 2 amide bonds. The van der Waals surface area contributed by atoms with Gasteiger partial charge in [-0.3, -0.25) is 14.4 Å². The minimum absolute atomic E-state index is 0.216. The number of hydrogen-bond donors (Lipinski definition) is 2. The van der Waals surface area contributed by atoms with Gasteiger partial charge in [-0.25, -0.2) is 10.4 Å². The lowest BCUT2D eigenvalue weighted by Crippen LogP contribution is -2.51. The number of nitrogens with zero attached hydrogens (tertiary/aromatic N) is 4. The Morgan fingerprint density at radius 3 is 2.58 bits per heavy atom. The summed E-state index contributed by atoms with van der Waals surface area (Å²) in [4.78, 5) is 36.1. The van der Waals surface area contributed by atoms with Crippen molar-refractivity contribution < 1.29 is 19.5 Å². The zero-order valence-corrected chi connectivity index (χ0v) is 10.0. The van der Waals surface area contributed by atoms with Gasteiger partial charge in [0.1, 0.15) is 6.04 Å². The first-order chi connectivity index (χ1) is 9.06. The van der Waals surface area contributed by atoms with Gasteiger partial charge in [-0.2, -0.15) is 0 Å². The number of unbranched alkanes of at least 4 members (excludes halogenated alkanes) is 1. The number of rotatable bonds is 8. The summed E-state index contributed by atoms with van der Waals surface area (Å²) in [6, 6.07) is -1.04. The molecule has 0 saturated carbocycles. The molecule has 0 bridgehead atoms. The number of hydrazine groups is 1. The Morgan fingerprint density at radius 1 is 1.42 bits per heavy atom. The molecule has 102 valence electrons. The summed E-state index contributed by atoms with van der Waals surface area (Å²) in [5.74, 6) is -2.34. The average Bonchev–Trinajstić information content (AvgIpc) is 2.68. The molecular formula is C10H13N5O4. The smallest absolute Gasteiger partial charge is 0.322 e. The first kappa shape index (κ1) is 14.7. The molecule has 0 aliphatic carbocycles. The van der Waals surface area contributed by atoms with Gasteiger partial charge in [0.15, 0.2) is 0 Å². The molecule has 1 heterocycles. The van der Waals surface area contributed by atoms with Crippen molar-refractivity contribution in [3.63, 3.8) is 0 Å². The van der Waals surface area contributed by atoms with Crippen molar-refractivity contribution in [2.24, 2.45) is 5.11 Å². The number of hydrogen-bond acceptors (Lipinski definition) is 5. The van der Waals surface area contributed by atoms with Crippen LogP contribution in [-0.2, 0) is 14.4 Å². The van der Waals surface area contributed by atoms with Crippen molar-refractivity contribution in [3.05, 3.63) is 22.6 Å². The highest BCUT2D eigenvalue weighted by atomic mass is 16.4. The molecule has 0 aromatic rings. The van der Waals surface area contributed by atoms with Crippen molar-refractivity contribution in [1.82, 2.24) is 10.4 Å². The minimum atomic E-state index is -1.16. The van der Waals surface area contributed by atoms with Gasteiger partial charge in [-0.05, 0) is 18.4 Å². The summed E-state index contributed by atoms with van der Waals surface area (Å²) in [5.41, 5.74) is 10.4. The minimum Gasteiger partial charge on any atom is -0.480 e. The normalized spacial score (nSPS) is 15.5. The fourth-order valence-corrected chi connectivity index (χ4v) is 1.50. The van der Waals surface area contributed by atoms with Gasteiger partial charge in [0, 0.05) is 23.6 Å². The molecule has 0 radical (unpaired) electrons. The number of imide groups is 1. The van der Waals surface area contributed by atoms with E-state index in [1.807, 2.05) is 0 Å². The third kappa shape index (κ3) is 4.41. The second-order valence-corrected chi connectivity index (χ2v) is 3.82. The van der Waals surface area contributed by atoms with E-state index in [4.69, 9.17) is 10.6 Å². The van der Waals surface area contributed by atoms with E-state index >= 15 is 0 Å². The molecule has 2 N–H and O–H groups in total. The molecule has 19 heavy (non-hydrogen) atoms. The zero-order chi connectivity index (χ0) is 14.3. The van der Waals surface area contributed by atoms with Gasteiger partial charge in [0.25, 0.3) is 11.8 Å². The molecule has 1 aliphatic rings. The summed E-state index contributed by atoms with van der Waals surface area (Å²) in [6.45, 7) is 0.284. The molecule has 9 nitrogen and oxygen atoms in total. The summed E-state index contributed by atoms with van der Waals surface area (Å²) < 4.78 is 0. The first-order valence-electron chi connectivity index (χ1n) is 5.62. The van der Waals surface area contributed by atoms with Crippen LogP contribution in [-0.4, -0.2) is 40.5 Å². The fraction of sp³-hybridized carbons (Fsp3) is 0.500. The van der Waals surface area contributed by atoms with E-state index in [0.717, 1.165) is 12.2 Å². The molecular weight excluding hydrogens is 254 g/mol. The number of aliphatic carboxylic acids is 1. The highest BCUT2D eigenvalue weighted by Gasteiger charge is 2.28. The highest BCUT2D eigenvalue weighted by molar-refractivity contribution is 6.12. The van der Waals surface area contributed by atoms with Crippen molar-refractivity contribution in [2.75, 3.05) is 6.54 Å². The molecule has 0 aromatic carbocycles. The molecule has 1 aliphatic heterocycles. The van der Waals surface area contributed by atoms with Gasteiger partial charge in [-0.1, -0.05) is 11.5 Å². The van der Waals surface area contributed by atoms with Crippen LogP contribution in [0, 0.1) is 0 Å². The van der Waals surface area contributed by atoms with Gasteiger partial charge >= 0.3 is 5.97 Å². The van der Waals surface area contributed by atoms with Gasteiger partial charge < -0.3 is 5.11 Å². The number of nitrogens with one attached hydrogen (secondary N) is 1. The second-order valence-electron chi connectivity index (χ2n) is 3.82. The topological polar surface area (TPSA) is 135 Å². The van der Waals surface area contributed by atoms with E-state index in [1.54, 1.807) is 0 Å². The Bertz CT molecular complexity index is 437. The Kier molecular flexibility index (Phi) is 5.52. The van der Waals surface area contributed by atoms with Crippen LogP contribution in [0.3, 0.4) is 0 Å². The van der Waals surface area contributed by atoms with Crippen molar-refractivity contribution in [3.8, 4) is 0 Å². The quantitative estimate of drug-likeness (QED) is 0.215. The van der Waals surface area contributed by atoms with E-state index in [9.17, 15) is 14.4 Å². The third-order valence-electron chi connectivity index (χ3n) is 2.46. The zero-order valence-electron chi connectivity index (χ0n) is 10.0. The lowest BCUT2D eigenvalue weighted by molar-refractivity contribution is -0.146. The van der Waals surface area contributed by atoms with Crippen molar-refractivity contribution in [1.29, 1.82) is 0 Å². The van der Waals surface area contributed by atoms with Crippen molar-refractivity contribution >= 4 is 17.8 Å². The number of azide groups is 1. The van der Waals surface area contributed by atoms with E-state index in [2.05, 4.69) is 15.5 Å². The lowest BCUT2D eigenvalue weighted by atomic mass is 10.1. The highest BCUT2D eigenvalue weighted by Crippen LogP contribution is 2.06. The van der Waals surface area contributed by atoms with Gasteiger partial charge in [-0.15, -0.1) is 0 Å². The van der Waals surface area contributed by atoms with Crippen LogP contribution >= 0.6 is 0 Å². The summed E-state index contributed by atoms with van der Waals surface area (Å²) in [7, 11) is 0. The number of carbonyl (C=O) groups is 3. The Morgan fingerprint density at radius 2 is 2.05 bits per heavy atom. The molecule has 1 atom stereocenters. The molecule has 0 saturated heterocycles. The fourth-order valence-electron chi connectivity index (χ4n) is 1.50. The van der Waals surface area contributed by atoms with Crippen LogP contribution in [0.5, 0.6) is 0 Å². The lowest BCUT2D eigenvalue weighted by Gasteiger charge is -2.20. The Balaban J connectivity index is 2.45. The number of amides is 2. The van der Waals surface area contributed by atoms with E-state index in [-0.39, 0.29) is 13.0 Å². The van der Waals surface area contributed by atoms with Crippen molar-refractivity contribution in [2.45, 2.75) is 25.3 Å². The second kappa shape index (κ2) is 7.14. The van der Waals surface area contributed by atoms with Crippen LogP contribution in [0.15, 0.2) is 17.3 Å². The largest absolute Gasteiger partial charge is 0.480 e. The first-order valence-corrected chi connectivity index (χ1v) is 5.62. The van der Waals surface area contributed by atoms with Crippen LogP contribution in [0.4, 0.5) is 0 Å². The van der Waals surface area contributed by atoms with Crippen LogP contribution < -0.4 is 5.43 Å². The standard InChI is InChI=1S/C10H13N5O4/c11-14-12-6-2-1-3-7(10(18)19)13-15-8(16)4-5-9(15)17/h4-5,7,13H,1-3,6H2,(H,18,19)/t7-/m0/s1. The van der Waals surface area contributed by atoms with E-state index in [1.165, 1.54) is 0 Å². The number of carboxylic acid groups (broad SMARTS) is 1. The predicted molar refractivity (Wildman–Crippen MR) is 63.4 cm³/mol. The maximum Gasteiger partial charge on any atom is 0.322 e. The summed E-state index contributed by atoms with van der Waals surface area (Å²) >= 11 is 0. The van der Waals surface area contributed by atoms with E-state index < -0.39 is 23.8 Å². The third-order valence-corrected chi connectivity index (χ3v) is 2.46. The van der Waals surface area contributed by atoms with E-state index in [0.29, 0.717) is 17.9 Å². The van der Waals surface area contributed by atoms with Crippen LogP contribution in [0.2, 0.25) is 0 Å². The molecule has 0 unspecified atom stereocenters. The van der Waals surface area contributed by atoms with Gasteiger partial charge in [0.05, 0.1) is 0 Å². The Hall–Kier alpha value is -2.38. The SMILES string of the molecule is [N-]=[N+]=NCCCC[C@H](NN1C(=O)C=CC1=O)C(=O)O. The molecule has 1 rings (SSSR count).